The van der Waals surface area contributed by atoms with Crippen LogP contribution >= 0.6 is 0 Å². The zero-order valence-corrected chi connectivity index (χ0v) is 9.19. The minimum absolute atomic E-state index is 0.0829. The Morgan fingerprint density at radius 1 is 1.19 bits per heavy atom. The van der Waals surface area contributed by atoms with Crippen LogP contribution in [0.1, 0.15) is 32.1 Å². The summed E-state index contributed by atoms with van der Waals surface area (Å²) < 4.78 is 0. The van der Waals surface area contributed by atoms with E-state index in [9.17, 15) is 9.59 Å². The average molecular weight is 223 g/mol. The standard InChI is InChI=1S/C12H17NO3/c14-11(8-4-2-1-3-5-8)13-10-6-9(7-10)12(15)16/h1-2,8-10H,3-7H2,(H,13,14)(H,15,16). The third-order valence-corrected chi connectivity index (χ3v) is 3.47. The molecule has 0 heterocycles. The van der Waals surface area contributed by atoms with Crippen LogP contribution in [0, 0.1) is 11.8 Å². The number of nitrogens with one attached hydrogen (secondary N) is 1. The van der Waals surface area contributed by atoms with Crippen molar-refractivity contribution in [2.24, 2.45) is 11.8 Å². The number of carbonyl (C=O) groups is 2. The molecule has 1 unspecified atom stereocenters. The van der Waals surface area contributed by atoms with E-state index in [1.165, 1.54) is 0 Å². The fourth-order valence-corrected chi connectivity index (χ4v) is 2.29. The van der Waals surface area contributed by atoms with Gasteiger partial charge in [0.05, 0.1) is 5.92 Å². The largest absolute Gasteiger partial charge is 0.481 e. The summed E-state index contributed by atoms with van der Waals surface area (Å²) in [5.41, 5.74) is 0. The van der Waals surface area contributed by atoms with Crippen LogP contribution in [-0.2, 0) is 9.59 Å². The molecule has 4 nitrogen and oxygen atoms in total. The second-order valence-electron chi connectivity index (χ2n) is 4.69. The summed E-state index contributed by atoms with van der Waals surface area (Å²) in [5.74, 6) is -0.810. The lowest BCUT2D eigenvalue weighted by Gasteiger charge is -2.34. The van der Waals surface area contributed by atoms with E-state index < -0.39 is 5.97 Å². The van der Waals surface area contributed by atoms with Crippen LogP contribution < -0.4 is 5.32 Å². The number of amides is 1. The molecule has 0 spiro atoms. The summed E-state index contributed by atoms with van der Waals surface area (Å²) in [6, 6.07) is 0.0829. The number of hydrogen-bond donors (Lipinski definition) is 2. The van der Waals surface area contributed by atoms with Gasteiger partial charge in [-0.2, -0.15) is 0 Å². The molecule has 1 amide bonds. The molecule has 0 radical (unpaired) electrons. The molecule has 0 aliphatic heterocycles. The summed E-state index contributed by atoms with van der Waals surface area (Å²) in [7, 11) is 0. The van der Waals surface area contributed by atoms with E-state index in [0.29, 0.717) is 12.8 Å². The normalized spacial score (nSPS) is 32.9. The third-order valence-electron chi connectivity index (χ3n) is 3.47. The van der Waals surface area contributed by atoms with Crippen molar-refractivity contribution in [3.05, 3.63) is 12.2 Å². The highest BCUT2D eigenvalue weighted by atomic mass is 16.4. The smallest absolute Gasteiger partial charge is 0.306 e. The minimum atomic E-state index is -0.744. The Morgan fingerprint density at radius 2 is 1.94 bits per heavy atom. The molecule has 2 aliphatic rings. The molecule has 1 atom stereocenters. The maximum Gasteiger partial charge on any atom is 0.306 e. The van der Waals surface area contributed by atoms with Crippen molar-refractivity contribution in [1.29, 1.82) is 0 Å². The fourth-order valence-electron chi connectivity index (χ4n) is 2.29. The number of carboxylic acids is 1. The molecule has 1 fully saturated rings. The molecular weight excluding hydrogens is 206 g/mol. The van der Waals surface area contributed by atoms with Crippen LogP contribution in [0.3, 0.4) is 0 Å². The minimum Gasteiger partial charge on any atom is -0.481 e. The van der Waals surface area contributed by atoms with Crippen molar-refractivity contribution in [3.8, 4) is 0 Å². The number of carbonyl (C=O) groups excluding carboxylic acids is 1. The van der Waals surface area contributed by atoms with Gasteiger partial charge in [-0.15, -0.1) is 0 Å². The monoisotopic (exact) mass is 223 g/mol. The molecule has 0 bridgehead atoms. The lowest BCUT2D eigenvalue weighted by Crippen LogP contribution is -2.48. The second-order valence-corrected chi connectivity index (χ2v) is 4.69. The van der Waals surface area contributed by atoms with Gasteiger partial charge < -0.3 is 10.4 Å². The number of aliphatic carboxylic acids is 1. The first-order valence-corrected chi connectivity index (χ1v) is 5.85. The van der Waals surface area contributed by atoms with Crippen LogP contribution in [0.15, 0.2) is 12.2 Å². The first kappa shape index (κ1) is 11.2. The quantitative estimate of drug-likeness (QED) is 0.709. The van der Waals surface area contributed by atoms with E-state index in [1.807, 2.05) is 0 Å². The van der Waals surface area contributed by atoms with Gasteiger partial charge in [0.2, 0.25) is 5.91 Å². The van der Waals surface area contributed by atoms with Crippen LogP contribution in [0.2, 0.25) is 0 Å². The Balaban J connectivity index is 1.73. The lowest BCUT2D eigenvalue weighted by molar-refractivity contribution is -0.146. The van der Waals surface area contributed by atoms with E-state index >= 15 is 0 Å². The SMILES string of the molecule is O=C(O)C1CC(NC(=O)C2CC=CCC2)C1. The number of allylic oxidation sites excluding steroid dienone is 2. The second kappa shape index (κ2) is 4.68. The fraction of sp³-hybridized carbons (Fsp3) is 0.667. The zero-order valence-electron chi connectivity index (χ0n) is 9.19. The molecule has 2 rings (SSSR count). The van der Waals surface area contributed by atoms with Gasteiger partial charge in [-0.1, -0.05) is 12.2 Å². The first-order valence-electron chi connectivity index (χ1n) is 5.85. The molecule has 0 aromatic rings. The van der Waals surface area contributed by atoms with E-state index in [2.05, 4.69) is 17.5 Å². The summed E-state index contributed by atoms with van der Waals surface area (Å²) in [4.78, 5) is 22.4. The van der Waals surface area contributed by atoms with Crippen molar-refractivity contribution in [3.63, 3.8) is 0 Å². The summed E-state index contributed by atoms with van der Waals surface area (Å²) >= 11 is 0. The number of hydrogen-bond acceptors (Lipinski definition) is 2. The topological polar surface area (TPSA) is 66.4 Å². The van der Waals surface area contributed by atoms with Gasteiger partial charge in [0.15, 0.2) is 0 Å². The average Bonchev–Trinajstić information content (AvgIpc) is 2.23. The summed E-state index contributed by atoms with van der Waals surface area (Å²) in [6.45, 7) is 0. The maximum atomic E-state index is 11.8. The van der Waals surface area contributed by atoms with Crippen molar-refractivity contribution >= 4 is 11.9 Å². The van der Waals surface area contributed by atoms with E-state index in [-0.39, 0.29) is 23.8 Å². The predicted molar refractivity (Wildman–Crippen MR) is 58.8 cm³/mol. The highest BCUT2D eigenvalue weighted by molar-refractivity contribution is 5.80. The summed E-state index contributed by atoms with van der Waals surface area (Å²) in [6.07, 6.45) is 8.04. The molecule has 1 saturated carbocycles. The highest BCUT2D eigenvalue weighted by Gasteiger charge is 2.36. The first-order chi connectivity index (χ1) is 7.66. The van der Waals surface area contributed by atoms with Gasteiger partial charge in [0, 0.05) is 12.0 Å². The number of carboxylic acid groups (broad SMARTS) is 1. The maximum absolute atomic E-state index is 11.8. The van der Waals surface area contributed by atoms with Crippen LogP contribution in [-0.4, -0.2) is 23.0 Å². The summed E-state index contributed by atoms with van der Waals surface area (Å²) in [5, 5.41) is 11.6. The molecule has 88 valence electrons. The van der Waals surface area contributed by atoms with Gasteiger partial charge in [-0.25, -0.2) is 0 Å². The van der Waals surface area contributed by atoms with Crippen molar-refractivity contribution < 1.29 is 14.7 Å². The van der Waals surface area contributed by atoms with Crippen LogP contribution in [0.4, 0.5) is 0 Å². The van der Waals surface area contributed by atoms with Gasteiger partial charge in [0.1, 0.15) is 0 Å². The Hall–Kier alpha value is -1.32. The van der Waals surface area contributed by atoms with E-state index in [4.69, 9.17) is 5.11 Å². The predicted octanol–water partition coefficient (Wildman–Crippen LogP) is 1.32. The van der Waals surface area contributed by atoms with Gasteiger partial charge in [0.25, 0.3) is 0 Å². The van der Waals surface area contributed by atoms with Crippen LogP contribution in [0.5, 0.6) is 0 Å². The Morgan fingerprint density at radius 3 is 2.50 bits per heavy atom. The van der Waals surface area contributed by atoms with Gasteiger partial charge >= 0.3 is 5.97 Å². The third kappa shape index (κ3) is 2.43. The van der Waals surface area contributed by atoms with E-state index in [0.717, 1.165) is 19.3 Å². The molecule has 0 aromatic heterocycles. The Labute approximate surface area is 94.7 Å². The lowest BCUT2D eigenvalue weighted by atomic mass is 9.80. The van der Waals surface area contributed by atoms with Crippen molar-refractivity contribution in [1.82, 2.24) is 5.32 Å². The molecule has 2 aliphatic carbocycles. The van der Waals surface area contributed by atoms with Crippen molar-refractivity contribution in [2.45, 2.75) is 38.1 Å². The molecule has 0 saturated heterocycles. The molecule has 2 N–H and O–H groups in total. The Kier molecular flexibility index (Phi) is 3.27. The molecule has 16 heavy (non-hydrogen) atoms. The van der Waals surface area contributed by atoms with E-state index in [1.54, 1.807) is 0 Å². The Bertz CT molecular complexity index is 318. The highest BCUT2D eigenvalue weighted by Crippen LogP contribution is 2.28. The molecule has 0 aromatic carbocycles. The molecular formula is C12H17NO3. The molecule has 4 heteroatoms. The van der Waals surface area contributed by atoms with Crippen molar-refractivity contribution in [2.75, 3.05) is 0 Å². The number of rotatable bonds is 3. The zero-order chi connectivity index (χ0) is 11.5. The van der Waals surface area contributed by atoms with Gasteiger partial charge in [-0.05, 0) is 32.1 Å². The van der Waals surface area contributed by atoms with Crippen LogP contribution in [0.25, 0.3) is 0 Å². The van der Waals surface area contributed by atoms with Gasteiger partial charge in [-0.3, -0.25) is 9.59 Å².